The molecule has 1 saturated carbocycles. The van der Waals surface area contributed by atoms with Crippen molar-refractivity contribution in [3.8, 4) is 0 Å². The summed E-state index contributed by atoms with van der Waals surface area (Å²) >= 11 is 8.21. The van der Waals surface area contributed by atoms with Crippen LogP contribution in [0.3, 0.4) is 0 Å². The molecule has 0 aromatic heterocycles. The molecule has 0 aliphatic heterocycles. The maximum atomic E-state index is 4.11. The number of thiol groups is 2. The van der Waals surface area contributed by atoms with E-state index in [9.17, 15) is 0 Å². The van der Waals surface area contributed by atoms with Crippen LogP contribution in [0.15, 0.2) is 0 Å². The zero-order chi connectivity index (χ0) is 5.98. The summed E-state index contributed by atoms with van der Waals surface area (Å²) < 4.78 is 0.995. The Bertz CT molecular complexity index is 66.9. The molecule has 0 aromatic carbocycles. The van der Waals surface area contributed by atoms with Crippen molar-refractivity contribution in [2.45, 2.75) is 25.7 Å². The lowest BCUT2D eigenvalue weighted by atomic mass is 9.83. The predicted octanol–water partition coefficient (Wildman–Crippen LogP) is 2.53. The first-order valence-electron chi connectivity index (χ1n) is 3.03. The standard InChI is InChI=1S/C6H11S2/c7-6(8)4-5-2-1-3-5/h5,7-8H,1-4H2. The molecule has 2 heteroatoms. The van der Waals surface area contributed by atoms with Crippen molar-refractivity contribution in [2.24, 2.45) is 5.92 Å². The minimum absolute atomic E-state index is 0.917. The maximum absolute atomic E-state index is 4.11. The van der Waals surface area contributed by atoms with Gasteiger partial charge in [-0.15, -0.1) is 0 Å². The first-order chi connectivity index (χ1) is 3.79. The second kappa shape index (κ2) is 3.02. The Morgan fingerprint density at radius 2 is 2.00 bits per heavy atom. The lowest BCUT2D eigenvalue weighted by Crippen LogP contribution is -2.11. The average molecular weight is 147 g/mol. The largest absolute Gasteiger partial charge is 0.159 e. The van der Waals surface area contributed by atoms with Crippen LogP contribution >= 0.6 is 25.3 Å². The molecule has 1 fully saturated rings. The number of rotatable bonds is 2. The second-order valence-electron chi connectivity index (χ2n) is 2.42. The van der Waals surface area contributed by atoms with Crippen molar-refractivity contribution < 1.29 is 0 Å². The first-order valence-corrected chi connectivity index (χ1v) is 3.92. The Morgan fingerprint density at radius 3 is 2.12 bits per heavy atom. The van der Waals surface area contributed by atoms with E-state index in [2.05, 4.69) is 25.3 Å². The zero-order valence-electron chi connectivity index (χ0n) is 4.80. The van der Waals surface area contributed by atoms with Gasteiger partial charge in [-0.3, -0.25) is 0 Å². The minimum Gasteiger partial charge on any atom is -0.159 e. The molecule has 0 nitrogen and oxygen atoms in total. The lowest BCUT2D eigenvalue weighted by molar-refractivity contribution is 0.315. The normalized spacial score (nSPS) is 21.4. The van der Waals surface area contributed by atoms with Crippen molar-refractivity contribution in [3.05, 3.63) is 4.58 Å². The lowest BCUT2D eigenvalue weighted by Gasteiger charge is -2.25. The molecule has 0 amide bonds. The topological polar surface area (TPSA) is 0 Å². The van der Waals surface area contributed by atoms with Crippen LogP contribution in [0.1, 0.15) is 25.7 Å². The van der Waals surface area contributed by atoms with Gasteiger partial charge in [0.25, 0.3) is 0 Å². The molecule has 0 spiro atoms. The van der Waals surface area contributed by atoms with E-state index in [4.69, 9.17) is 0 Å². The molecule has 0 N–H and O–H groups in total. The minimum atomic E-state index is 0.917. The third kappa shape index (κ3) is 1.90. The Balaban J connectivity index is 2.01. The summed E-state index contributed by atoms with van der Waals surface area (Å²) in [4.78, 5) is 0. The van der Waals surface area contributed by atoms with Gasteiger partial charge in [-0.05, 0) is 12.3 Å². The number of hydrogen-bond donors (Lipinski definition) is 2. The van der Waals surface area contributed by atoms with Crippen LogP contribution in [0, 0.1) is 10.5 Å². The molecule has 0 aromatic rings. The third-order valence-corrected chi connectivity index (χ3v) is 2.06. The predicted molar refractivity (Wildman–Crippen MR) is 43.2 cm³/mol. The molecule has 1 rings (SSSR count). The summed E-state index contributed by atoms with van der Waals surface area (Å²) in [6.07, 6.45) is 5.32. The van der Waals surface area contributed by atoms with Gasteiger partial charge in [0.05, 0.1) is 4.58 Å². The summed E-state index contributed by atoms with van der Waals surface area (Å²) in [6, 6.07) is 0. The molecule has 0 heterocycles. The molecule has 0 saturated heterocycles. The van der Waals surface area contributed by atoms with Gasteiger partial charge in [-0.25, -0.2) is 0 Å². The quantitative estimate of drug-likeness (QED) is 0.551. The van der Waals surface area contributed by atoms with Crippen molar-refractivity contribution in [3.63, 3.8) is 0 Å². The van der Waals surface area contributed by atoms with Crippen LogP contribution in [-0.2, 0) is 0 Å². The highest BCUT2D eigenvalue weighted by Gasteiger charge is 2.18. The van der Waals surface area contributed by atoms with Gasteiger partial charge in [0.1, 0.15) is 0 Å². The highest BCUT2D eigenvalue weighted by atomic mass is 32.2. The summed E-state index contributed by atoms with van der Waals surface area (Å²) in [5.74, 6) is 0.917. The average Bonchev–Trinajstić information content (AvgIpc) is 1.55. The Kier molecular flexibility index (Phi) is 2.57. The summed E-state index contributed by atoms with van der Waals surface area (Å²) in [6.45, 7) is 0. The second-order valence-corrected chi connectivity index (χ2v) is 3.85. The van der Waals surface area contributed by atoms with E-state index in [-0.39, 0.29) is 0 Å². The van der Waals surface area contributed by atoms with Crippen molar-refractivity contribution in [1.29, 1.82) is 0 Å². The van der Waals surface area contributed by atoms with Crippen LogP contribution in [0.5, 0.6) is 0 Å². The molecular weight excluding hydrogens is 136 g/mol. The fourth-order valence-corrected chi connectivity index (χ4v) is 1.47. The highest BCUT2D eigenvalue weighted by Crippen LogP contribution is 2.35. The summed E-state index contributed by atoms with van der Waals surface area (Å²) in [7, 11) is 0. The van der Waals surface area contributed by atoms with Crippen molar-refractivity contribution >= 4 is 25.3 Å². The van der Waals surface area contributed by atoms with E-state index in [1.54, 1.807) is 0 Å². The van der Waals surface area contributed by atoms with Crippen molar-refractivity contribution in [1.82, 2.24) is 0 Å². The van der Waals surface area contributed by atoms with Gasteiger partial charge in [0.2, 0.25) is 0 Å². The van der Waals surface area contributed by atoms with E-state index in [0.29, 0.717) is 0 Å². The summed E-state index contributed by atoms with van der Waals surface area (Å²) in [5, 5.41) is 0. The third-order valence-electron chi connectivity index (χ3n) is 1.70. The molecule has 1 radical (unpaired) electrons. The van der Waals surface area contributed by atoms with E-state index in [1.165, 1.54) is 19.3 Å². The molecule has 0 atom stereocenters. The Morgan fingerprint density at radius 1 is 1.38 bits per heavy atom. The van der Waals surface area contributed by atoms with E-state index in [1.807, 2.05) is 0 Å². The smallest absolute Gasteiger partial charge is 0.0786 e. The first kappa shape index (κ1) is 6.81. The van der Waals surface area contributed by atoms with Gasteiger partial charge >= 0.3 is 0 Å². The van der Waals surface area contributed by atoms with Gasteiger partial charge in [0, 0.05) is 0 Å². The molecule has 1 aliphatic rings. The van der Waals surface area contributed by atoms with Crippen LogP contribution in [0.4, 0.5) is 0 Å². The fraction of sp³-hybridized carbons (Fsp3) is 0.833. The van der Waals surface area contributed by atoms with Gasteiger partial charge in [0.15, 0.2) is 0 Å². The maximum Gasteiger partial charge on any atom is 0.0786 e. The Hall–Kier alpha value is 0.700. The van der Waals surface area contributed by atoms with Gasteiger partial charge < -0.3 is 0 Å². The van der Waals surface area contributed by atoms with Crippen LogP contribution < -0.4 is 0 Å². The molecule has 0 bridgehead atoms. The van der Waals surface area contributed by atoms with Gasteiger partial charge in [-0.2, -0.15) is 25.3 Å². The van der Waals surface area contributed by atoms with Gasteiger partial charge in [-0.1, -0.05) is 19.3 Å². The van der Waals surface area contributed by atoms with E-state index >= 15 is 0 Å². The van der Waals surface area contributed by atoms with Crippen LogP contribution in [0.25, 0.3) is 0 Å². The molecule has 47 valence electrons. The fourth-order valence-electron chi connectivity index (χ4n) is 0.955. The van der Waals surface area contributed by atoms with Crippen LogP contribution in [-0.4, -0.2) is 0 Å². The van der Waals surface area contributed by atoms with E-state index in [0.717, 1.165) is 16.9 Å². The number of hydrogen-bond acceptors (Lipinski definition) is 2. The summed E-state index contributed by atoms with van der Waals surface area (Å²) in [5.41, 5.74) is 0. The molecule has 0 unspecified atom stereocenters. The van der Waals surface area contributed by atoms with E-state index < -0.39 is 0 Å². The molecular formula is C6H11S2. The van der Waals surface area contributed by atoms with Crippen LogP contribution in [0.2, 0.25) is 0 Å². The molecule has 8 heavy (non-hydrogen) atoms. The van der Waals surface area contributed by atoms with Crippen molar-refractivity contribution in [2.75, 3.05) is 0 Å². The SMILES string of the molecule is S[C](S)CC1CCC1. The molecule has 1 aliphatic carbocycles. The monoisotopic (exact) mass is 147 g/mol. The zero-order valence-corrected chi connectivity index (χ0v) is 6.59. The Labute approximate surface area is 61.9 Å². The highest BCUT2D eigenvalue weighted by molar-refractivity contribution is 8.03.